The second-order valence-electron chi connectivity index (χ2n) is 6.08. The van der Waals surface area contributed by atoms with Crippen LogP contribution in [0.15, 0.2) is 17.5 Å². The van der Waals surface area contributed by atoms with Crippen molar-refractivity contribution in [3.63, 3.8) is 0 Å². The van der Waals surface area contributed by atoms with E-state index in [4.69, 9.17) is 0 Å². The third-order valence-electron chi connectivity index (χ3n) is 3.83. The van der Waals surface area contributed by atoms with Gasteiger partial charge in [-0.3, -0.25) is 0 Å². The minimum atomic E-state index is 0.625. The maximum atomic E-state index is 3.57. The molecule has 1 rings (SSSR count). The van der Waals surface area contributed by atoms with Gasteiger partial charge in [-0.2, -0.15) is 0 Å². The highest BCUT2D eigenvalue weighted by atomic mass is 32.1. The molecule has 0 aliphatic rings. The van der Waals surface area contributed by atoms with Crippen molar-refractivity contribution < 1.29 is 0 Å². The molecule has 0 amide bonds. The van der Waals surface area contributed by atoms with E-state index in [1.807, 2.05) is 11.3 Å². The molecule has 0 radical (unpaired) electrons. The standard InChI is InChI=1S/C16H30N2S/c1-13(2)11-17-12-14(3)15(4)18(5)9-8-16-7-6-10-19-16/h6-7,10,13-15,17H,8-9,11-12H2,1-5H3. The molecule has 0 spiro atoms. The van der Waals surface area contributed by atoms with Crippen LogP contribution in [0.2, 0.25) is 0 Å². The highest BCUT2D eigenvalue weighted by Crippen LogP contribution is 2.13. The van der Waals surface area contributed by atoms with E-state index in [-0.39, 0.29) is 0 Å². The Kier molecular flexibility index (Phi) is 7.66. The zero-order valence-corrected chi connectivity index (χ0v) is 14.0. The average molecular weight is 282 g/mol. The molecule has 1 N–H and O–H groups in total. The highest BCUT2D eigenvalue weighted by molar-refractivity contribution is 7.09. The Labute approximate surface area is 123 Å². The molecule has 0 aliphatic heterocycles. The van der Waals surface area contributed by atoms with Crippen LogP contribution in [0.4, 0.5) is 0 Å². The van der Waals surface area contributed by atoms with Crippen LogP contribution in [0.1, 0.15) is 32.6 Å². The van der Waals surface area contributed by atoms with Crippen molar-refractivity contribution >= 4 is 11.3 Å². The van der Waals surface area contributed by atoms with Gasteiger partial charge in [0.15, 0.2) is 0 Å². The van der Waals surface area contributed by atoms with Gasteiger partial charge < -0.3 is 10.2 Å². The molecule has 2 atom stereocenters. The monoisotopic (exact) mass is 282 g/mol. The molecule has 1 aromatic heterocycles. The van der Waals surface area contributed by atoms with Gasteiger partial charge in [-0.1, -0.05) is 26.8 Å². The van der Waals surface area contributed by atoms with Crippen LogP contribution < -0.4 is 5.32 Å². The van der Waals surface area contributed by atoms with Crippen LogP contribution in [-0.2, 0) is 6.42 Å². The van der Waals surface area contributed by atoms with Crippen molar-refractivity contribution in [2.24, 2.45) is 11.8 Å². The fourth-order valence-corrected chi connectivity index (χ4v) is 2.85. The second kappa shape index (κ2) is 8.72. The summed E-state index contributed by atoms with van der Waals surface area (Å²) in [6.07, 6.45) is 1.17. The van der Waals surface area contributed by atoms with E-state index in [0.29, 0.717) is 12.0 Å². The summed E-state index contributed by atoms with van der Waals surface area (Å²) in [5.41, 5.74) is 0. The molecule has 2 unspecified atom stereocenters. The van der Waals surface area contributed by atoms with Crippen molar-refractivity contribution in [2.75, 3.05) is 26.7 Å². The minimum Gasteiger partial charge on any atom is -0.316 e. The summed E-state index contributed by atoms with van der Waals surface area (Å²) in [6.45, 7) is 12.6. The maximum Gasteiger partial charge on any atom is 0.0102 e. The summed E-state index contributed by atoms with van der Waals surface area (Å²) in [5, 5.41) is 5.73. The molecule has 0 saturated carbocycles. The van der Waals surface area contributed by atoms with Crippen molar-refractivity contribution in [3.8, 4) is 0 Å². The van der Waals surface area contributed by atoms with Gasteiger partial charge in [0.1, 0.15) is 0 Å². The fourth-order valence-electron chi connectivity index (χ4n) is 2.15. The third kappa shape index (κ3) is 6.55. The Morgan fingerprint density at radius 2 is 1.95 bits per heavy atom. The number of likely N-dealkylation sites (N-methyl/N-ethyl adjacent to an activating group) is 1. The molecule has 110 valence electrons. The van der Waals surface area contributed by atoms with Crippen LogP contribution in [-0.4, -0.2) is 37.6 Å². The molecule has 3 heteroatoms. The van der Waals surface area contributed by atoms with Gasteiger partial charge in [0.05, 0.1) is 0 Å². The summed E-state index contributed by atoms with van der Waals surface area (Å²) in [4.78, 5) is 3.98. The maximum absolute atomic E-state index is 3.57. The molecule has 0 saturated heterocycles. The van der Waals surface area contributed by atoms with E-state index in [2.05, 4.69) is 62.5 Å². The zero-order valence-electron chi connectivity index (χ0n) is 13.1. The first kappa shape index (κ1) is 16.7. The Morgan fingerprint density at radius 1 is 1.21 bits per heavy atom. The van der Waals surface area contributed by atoms with E-state index >= 15 is 0 Å². The average Bonchev–Trinajstić information content (AvgIpc) is 2.87. The van der Waals surface area contributed by atoms with Crippen LogP contribution in [0, 0.1) is 11.8 Å². The lowest BCUT2D eigenvalue weighted by molar-refractivity contribution is 0.197. The first-order chi connectivity index (χ1) is 9.00. The smallest absolute Gasteiger partial charge is 0.0102 e. The summed E-state index contributed by atoms with van der Waals surface area (Å²) in [5.74, 6) is 1.42. The second-order valence-corrected chi connectivity index (χ2v) is 7.11. The fraction of sp³-hybridized carbons (Fsp3) is 0.750. The van der Waals surface area contributed by atoms with Crippen molar-refractivity contribution in [1.29, 1.82) is 0 Å². The molecular formula is C16H30N2S. The van der Waals surface area contributed by atoms with Crippen molar-refractivity contribution in [2.45, 2.75) is 40.2 Å². The minimum absolute atomic E-state index is 0.625. The topological polar surface area (TPSA) is 15.3 Å². The van der Waals surface area contributed by atoms with E-state index in [0.717, 1.165) is 25.6 Å². The highest BCUT2D eigenvalue weighted by Gasteiger charge is 2.16. The van der Waals surface area contributed by atoms with E-state index in [1.54, 1.807) is 0 Å². The lowest BCUT2D eigenvalue weighted by Gasteiger charge is -2.30. The number of hydrogen-bond acceptors (Lipinski definition) is 3. The van der Waals surface area contributed by atoms with Crippen LogP contribution in [0.25, 0.3) is 0 Å². The van der Waals surface area contributed by atoms with Crippen LogP contribution >= 0.6 is 11.3 Å². The zero-order chi connectivity index (χ0) is 14.3. The van der Waals surface area contributed by atoms with E-state index in [9.17, 15) is 0 Å². The molecule has 19 heavy (non-hydrogen) atoms. The molecule has 2 nitrogen and oxygen atoms in total. The SMILES string of the molecule is CC(C)CNCC(C)C(C)N(C)CCc1cccs1. The van der Waals surface area contributed by atoms with Gasteiger partial charge in [0.2, 0.25) is 0 Å². The molecule has 1 aromatic rings. The predicted molar refractivity (Wildman–Crippen MR) is 87.0 cm³/mol. The Morgan fingerprint density at radius 3 is 2.53 bits per heavy atom. The summed E-state index contributed by atoms with van der Waals surface area (Å²) in [6, 6.07) is 5.00. The third-order valence-corrected chi connectivity index (χ3v) is 4.76. The van der Waals surface area contributed by atoms with Gasteiger partial charge in [0.25, 0.3) is 0 Å². The first-order valence-electron chi connectivity index (χ1n) is 7.44. The number of rotatable bonds is 9. The largest absolute Gasteiger partial charge is 0.316 e. The van der Waals surface area contributed by atoms with Gasteiger partial charge in [0, 0.05) is 17.5 Å². The van der Waals surface area contributed by atoms with E-state index in [1.165, 1.54) is 11.3 Å². The van der Waals surface area contributed by atoms with Gasteiger partial charge in [-0.15, -0.1) is 11.3 Å². The summed E-state index contributed by atoms with van der Waals surface area (Å²) < 4.78 is 0. The van der Waals surface area contributed by atoms with Gasteiger partial charge in [-0.05, 0) is 56.8 Å². The Balaban J connectivity index is 2.24. The lowest BCUT2D eigenvalue weighted by Crippen LogP contribution is -2.40. The van der Waals surface area contributed by atoms with E-state index < -0.39 is 0 Å². The quantitative estimate of drug-likeness (QED) is 0.746. The number of nitrogens with zero attached hydrogens (tertiary/aromatic N) is 1. The molecule has 1 heterocycles. The molecule has 0 aromatic carbocycles. The Hall–Kier alpha value is -0.380. The summed E-state index contributed by atoms with van der Waals surface area (Å²) in [7, 11) is 2.25. The molecule has 0 bridgehead atoms. The van der Waals surface area contributed by atoms with Gasteiger partial charge in [-0.25, -0.2) is 0 Å². The van der Waals surface area contributed by atoms with Gasteiger partial charge >= 0.3 is 0 Å². The predicted octanol–water partition coefficient (Wildman–Crippen LogP) is 3.49. The van der Waals surface area contributed by atoms with Crippen molar-refractivity contribution in [3.05, 3.63) is 22.4 Å². The number of hydrogen-bond donors (Lipinski definition) is 1. The summed E-state index contributed by atoms with van der Waals surface area (Å²) >= 11 is 1.86. The molecule has 0 aliphatic carbocycles. The van der Waals surface area contributed by atoms with Crippen molar-refractivity contribution in [1.82, 2.24) is 10.2 Å². The lowest BCUT2D eigenvalue weighted by atomic mass is 10.0. The van der Waals surface area contributed by atoms with Crippen LogP contribution in [0.5, 0.6) is 0 Å². The normalized spacial score (nSPS) is 15.1. The first-order valence-corrected chi connectivity index (χ1v) is 8.32. The number of thiophene rings is 1. The molecule has 0 fully saturated rings. The Bertz CT molecular complexity index is 321. The molecular weight excluding hydrogens is 252 g/mol. The number of nitrogens with one attached hydrogen (secondary N) is 1. The van der Waals surface area contributed by atoms with Crippen LogP contribution in [0.3, 0.4) is 0 Å².